The third-order valence-electron chi connectivity index (χ3n) is 5.39. The second-order valence-corrected chi connectivity index (χ2v) is 9.24. The van der Waals surface area contributed by atoms with E-state index in [9.17, 15) is 13.2 Å². The van der Waals surface area contributed by atoms with Crippen LogP contribution in [0.3, 0.4) is 0 Å². The molecule has 1 aromatic carbocycles. The van der Waals surface area contributed by atoms with E-state index >= 15 is 0 Å². The van der Waals surface area contributed by atoms with E-state index in [0.29, 0.717) is 26.3 Å². The zero-order chi connectivity index (χ0) is 19.3. The summed E-state index contributed by atoms with van der Waals surface area (Å²) in [7, 11) is -3.47. The number of piperidine rings is 1. The molecule has 2 aliphatic rings. The molecular weight excluding hydrogens is 402 g/mol. The van der Waals surface area contributed by atoms with Crippen molar-refractivity contribution in [2.45, 2.75) is 49.6 Å². The molecule has 2 aliphatic heterocycles. The summed E-state index contributed by atoms with van der Waals surface area (Å²) in [6, 6.07) is 6.23. The fourth-order valence-corrected chi connectivity index (χ4v) is 5.25. The van der Waals surface area contributed by atoms with Crippen molar-refractivity contribution in [2.24, 2.45) is 11.7 Å². The molecule has 0 aliphatic carbocycles. The van der Waals surface area contributed by atoms with Gasteiger partial charge in [0, 0.05) is 32.8 Å². The van der Waals surface area contributed by atoms with Crippen LogP contribution in [-0.2, 0) is 26.1 Å². The maximum Gasteiger partial charge on any atom is 0.243 e. The van der Waals surface area contributed by atoms with Gasteiger partial charge in [0.1, 0.15) is 0 Å². The Morgan fingerprint density at radius 3 is 2.57 bits per heavy atom. The molecule has 1 atom stereocenters. The first-order valence-electron chi connectivity index (χ1n) is 9.68. The Morgan fingerprint density at radius 2 is 1.89 bits per heavy atom. The van der Waals surface area contributed by atoms with E-state index in [1.165, 1.54) is 0 Å². The highest BCUT2D eigenvalue weighted by Gasteiger charge is 2.27. The van der Waals surface area contributed by atoms with E-state index in [2.05, 4.69) is 5.32 Å². The third-order valence-corrected chi connectivity index (χ3v) is 7.29. The van der Waals surface area contributed by atoms with E-state index in [1.54, 1.807) is 22.5 Å². The summed E-state index contributed by atoms with van der Waals surface area (Å²) in [5.41, 5.74) is 6.83. The minimum Gasteiger partial charge on any atom is -0.381 e. The van der Waals surface area contributed by atoms with Gasteiger partial charge in [-0.2, -0.15) is 4.31 Å². The number of carbonyl (C=O) groups is 1. The van der Waals surface area contributed by atoms with E-state index in [1.807, 2.05) is 6.07 Å². The number of carbonyl (C=O) groups excluding carboxylic acids is 1. The Bertz CT molecular complexity index is 747. The Hall–Kier alpha value is -1.19. The number of ether oxygens (including phenoxy) is 1. The van der Waals surface area contributed by atoms with E-state index in [4.69, 9.17) is 10.5 Å². The molecule has 0 aromatic heterocycles. The predicted molar refractivity (Wildman–Crippen MR) is 110 cm³/mol. The highest BCUT2D eigenvalue weighted by Crippen LogP contribution is 2.21. The summed E-state index contributed by atoms with van der Waals surface area (Å²) in [6.45, 7) is 2.69. The van der Waals surface area contributed by atoms with Gasteiger partial charge in [0.15, 0.2) is 0 Å². The molecule has 28 heavy (non-hydrogen) atoms. The van der Waals surface area contributed by atoms with Crippen LogP contribution in [0.2, 0.25) is 0 Å². The molecule has 7 nitrogen and oxygen atoms in total. The lowest BCUT2D eigenvalue weighted by Gasteiger charge is -2.27. The lowest BCUT2D eigenvalue weighted by atomic mass is 9.92. The van der Waals surface area contributed by atoms with Crippen LogP contribution in [0.5, 0.6) is 0 Å². The topological polar surface area (TPSA) is 102 Å². The van der Waals surface area contributed by atoms with Crippen LogP contribution >= 0.6 is 12.4 Å². The minimum absolute atomic E-state index is 0. The predicted octanol–water partition coefficient (Wildman–Crippen LogP) is 1.65. The number of hydrogen-bond donors (Lipinski definition) is 2. The first-order valence-corrected chi connectivity index (χ1v) is 11.1. The van der Waals surface area contributed by atoms with Gasteiger partial charge in [-0.1, -0.05) is 18.6 Å². The Balaban J connectivity index is 0.00000280. The standard InChI is InChI=1S/C19H29N3O4S.ClH/c20-18(16-7-11-26-12-8-16)19(23)21-14-15-5-4-6-17(13-15)27(24,25)22-9-2-1-3-10-22;/h4-6,13,16,18H,1-3,7-12,14,20H2,(H,21,23);1H. The number of benzene rings is 1. The molecule has 0 spiro atoms. The van der Waals surface area contributed by atoms with Crippen molar-refractivity contribution in [2.75, 3.05) is 26.3 Å². The monoisotopic (exact) mass is 431 g/mol. The molecule has 2 fully saturated rings. The second-order valence-electron chi connectivity index (χ2n) is 7.31. The number of sulfonamides is 1. The summed E-state index contributed by atoms with van der Waals surface area (Å²) in [4.78, 5) is 12.6. The molecule has 158 valence electrons. The normalized spacial score (nSPS) is 20.2. The Labute approximate surface area is 173 Å². The summed E-state index contributed by atoms with van der Waals surface area (Å²) in [5, 5.41) is 2.84. The molecular formula is C19H30ClN3O4S. The molecule has 9 heteroatoms. The van der Waals surface area contributed by atoms with Gasteiger partial charge in [0.2, 0.25) is 15.9 Å². The molecule has 1 amide bonds. The van der Waals surface area contributed by atoms with Gasteiger partial charge >= 0.3 is 0 Å². The number of hydrogen-bond acceptors (Lipinski definition) is 5. The highest BCUT2D eigenvalue weighted by molar-refractivity contribution is 7.89. The lowest BCUT2D eigenvalue weighted by Crippen LogP contribution is -2.46. The number of halogens is 1. The highest BCUT2D eigenvalue weighted by atomic mass is 35.5. The van der Waals surface area contributed by atoms with E-state index in [-0.39, 0.29) is 35.7 Å². The second kappa shape index (κ2) is 10.5. The molecule has 1 unspecified atom stereocenters. The number of nitrogens with one attached hydrogen (secondary N) is 1. The fraction of sp³-hybridized carbons (Fsp3) is 0.632. The van der Waals surface area contributed by atoms with Gasteiger partial charge in [0.25, 0.3) is 0 Å². The van der Waals surface area contributed by atoms with Crippen molar-refractivity contribution >= 4 is 28.3 Å². The van der Waals surface area contributed by atoms with Crippen molar-refractivity contribution < 1.29 is 17.9 Å². The third kappa shape index (κ3) is 5.67. The first kappa shape index (κ1) is 23.1. The Morgan fingerprint density at radius 1 is 1.21 bits per heavy atom. The quantitative estimate of drug-likeness (QED) is 0.713. The molecule has 3 rings (SSSR count). The van der Waals surface area contributed by atoms with Gasteiger partial charge < -0.3 is 15.8 Å². The van der Waals surface area contributed by atoms with Gasteiger partial charge in [-0.3, -0.25) is 4.79 Å². The van der Waals surface area contributed by atoms with E-state index < -0.39 is 16.1 Å². The molecule has 3 N–H and O–H groups in total. The average Bonchev–Trinajstić information content (AvgIpc) is 2.73. The van der Waals surface area contributed by atoms with Gasteiger partial charge in [-0.15, -0.1) is 12.4 Å². The summed E-state index contributed by atoms with van der Waals surface area (Å²) >= 11 is 0. The number of nitrogens with two attached hydrogens (primary N) is 1. The van der Waals surface area contributed by atoms with Crippen LogP contribution in [0.15, 0.2) is 29.2 Å². The van der Waals surface area contributed by atoms with Crippen LogP contribution in [0.25, 0.3) is 0 Å². The summed E-state index contributed by atoms with van der Waals surface area (Å²) in [6.07, 6.45) is 4.46. The largest absolute Gasteiger partial charge is 0.381 e. The molecule has 2 saturated heterocycles. The zero-order valence-electron chi connectivity index (χ0n) is 16.0. The van der Waals surface area contributed by atoms with Crippen LogP contribution in [0, 0.1) is 5.92 Å². The molecule has 0 saturated carbocycles. The SMILES string of the molecule is Cl.NC(C(=O)NCc1cccc(S(=O)(=O)N2CCCCC2)c1)C1CCOCC1. The van der Waals surface area contributed by atoms with Crippen LogP contribution < -0.4 is 11.1 Å². The fourth-order valence-electron chi connectivity index (χ4n) is 3.67. The number of rotatable bonds is 6. The molecule has 1 aromatic rings. The lowest BCUT2D eigenvalue weighted by molar-refractivity contribution is -0.124. The maximum atomic E-state index is 12.8. The number of nitrogens with zero attached hydrogens (tertiary/aromatic N) is 1. The van der Waals surface area contributed by atoms with E-state index in [0.717, 1.165) is 37.7 Å². The van der Waals surface area contributed by atoms with Gasteiger partial charge in [-0.05, 0) is 49.3 Å². The van der Waals surface area contributed by atoms with Crippen molar-refractivity contribution in [1.29, 1.82) is 0 Å². The van der Waals surface area contributed by atoms with Crippen molar-refractivity contribution in [3.05, 3.63) is 29.8 Å². The molecule has 2 heterocycles. The average molecular weight is 432 g/mol. The summed E-state index contributed by atoms with van der Waals surface area (Å²) < 4.78 is 32.5. The van der Waals surface area contributed by atoms with Crippen molar-refractivity contribution in [1.82, 2.24) is 9.62 Å². The number of amides is 1. The van der Waals surface area contributed by atoms with Gasteiger partial charge in [0.05, 0.1) is 10.9 Å². The molecule has 0 bridgehead atoms. The van der Waals surface area contributed by atoms with Crippen molar-refractivity contribution in [3.8, 4) is 0 Å². The van der Waals surface area contributed by atoms with Crippen molar-refractivity contribution in [3.63, 3.8) is 0 Å². The zero-order valence-corrected chi connectivity index (χ0v) is 17.6. The van der Waals surface area contributed by atoms with Crippen LogP contribution in [0.1, 0.15) is 37.7 Å². The van der Waals surface area contributed by atoms with Crippen LogP contribution in [0.4, 0.5) is 0 Å². The van der Waals surface area contributed by atoms with Crippen LogP contribution in [-0.4, -0.2) is 51.0 Å². The smallest absolute Gasteiger partial charge is 0.243 e. The summed E-state index contributed by atoms with van der Waals surface area (Å²) in [5.74, 6) is -0.0734. The first-order chi connectivity index (χ1) is 13.0. The van der Waals surface area contributed by atoms with Gasteiger partial charge in [-0.25, -0.2) is 8.42 Å². The molecule has 0 radical (unpaired) electrons. The Kier molecular flexibility index (Phi) is 8.70. The minimum atomic E-state index is -3.47. The maximum absolute atomic E-state index is 12.8.